The van der Waals surface area contributed by atoms with Crippen LogP contribution in [0.1, 0.15) is 16.9 Å². The van der Waals surface area contributed by atoms with Gasteiger partial charge in [-0.1, -0.05) is 12.1 Å². The normalized spacial score (nSPS) is 17.0. The Bertz CT molecular complexity index is 816. The van der Waals surface area contributed by atoms with Gasteiger partial charge in [0.15, 0.2) is 5.69 Å². The number of nitro benzene ring substituents is 1. The van der Waals surface area contributed by atoms with Crippen LogP contribution in [-0.2, 0) is 4.79 Å². The zero-order valence-electron chi connectivity index (χ0n) is 12.5. The minimum absolute atomic E-state index is 0.119. The Kier molecular flexibility index (Phi) is 3.98. The van der Waals surface area contributed by atoms with Gasteiger partial charge in [0.2, 0.25) is 0 Å². The number of carboxylic acid groups (broad SMARTS) is 1. The highest BCUT2D eigenvalue weighted by atomic mass is 16.6. The summed E-state index contributed by atoms with van der Waals surface area (Å²) < 4.78 is 1.27. The monoisotopic (exact) mass is 330 g/mol. The van der Waals surface area contributed by atoms with Crippen LogP contribution in [0.15, 0.2) is 36.5 Å². The number of carbonyl (C=O) groups excluding carboxylic acids is 1. The molecule has 0 bridgehead atoms. The summed E-state index contributed by atoms with van der Waals surface area (Å²) in [6.45, 7) is 0.501. The van der Waals surface area contributed by atoms with E-state index in [1.54, 1.807) is 12.1 Å². The van der Waals surface area contributed by atoms with Gasteiger partial charge in [-0.2, -0.15) is 5.10 Å². The first-order valence-corrected chi connectivity index (χ1v) is 7.29. The van der Waals surface area contributed by atoms with Crippen LogP contribution < -0.4 is 0 Å². The SMILES string of the molecule is O=C(O)C1CCN(C(=O)c2ccn(-c3ccccc3[N+](=O)[O-])n2)C1. The fourth-order valence-electron chi connectivity index (χ4n) is 2.69. The Balaban J connectivity index is 1.83. The van der Waals surface area contributed by atoms with Gasteiger partial charge in [0.1, 0.15) is 5.69 Å². The van der Waals surface area contributed by atoms with Crippen LogP contribution >= 0.6 is 0 Å². The highest BCUT2D eigenvalue weighted by Crippen LogP contribution is 2.23. The van der Waals surface area contributed by atoms with Gasteiger partial charge in [-0.3, -0.25) is 19.7 Å². The summed E-state index contributed by atoms with van der Waals surface area (Å²) in [7, 11) is 0. The molecule has 1 aliphatic rings. The first-order valence-electron chi connectivity index (χ1n) is 7.29. The molecule has 1 aromatic heterocycles. The molecular formula is C15H14N4O5. The maximum atomic E-state index is 12.4. The number of amides is 1. The highest BCUT2D eigenvalue weighted by molar-refractivity contribution is 5.93. The van der Waals surface area contributed by atoms with Gasteiger partial charge in [-0.25, -0.2) is 4.68 Å². The van der Waals surface area contributed by atoms with Crippen molar-refractivity contribution in [1.29, 1.82) is 0 Å². The van der Waals surface area contributed by atoms with E-state index >= 15 is 0 Å². The van der Waals surface area contributed by atoms with Crippen molar-refractivity contribution in [3.05, 3.63) is 52.3 Å². The van der Waals surface area contributed by atoms with Crippen LogP contribution in [0.4, 0.5) is 5.69 Å². The number of nitro groups is 1. The number of hydrogen-bond acceptors (Lipinski definition) is 5. The minimum Gasteiger partial charge on any atom is -0.481 e. The zero-order valence-corrected chi connectivity index (χ0v) is 12.5. The number of carboxylic acids is 1. The van der Waals surface area contributed by atoms with Crippen LogP contribution in [-0.4, -0.2) is 49.7 Å². The molecule has 0 radical (unpaired) electrons. The number of aromatic nitrogens is 2. The Hall–Kier alpha value is -3.23. The minimum atomic E-state index is -0.921. The van der Waals surface area contributed by atoms with Crippen LogP contribution in [0.5, 0.6) is 0 Å². The second-order valence-electron chi connectivity index (χ2n) is 5.47. The number of benzene rings is 1. The third-order valence-electron chi connectivity index (χ3n) is 3.96. The fraction of sp³-hybridized carbons (Fsp3) is 0.267. The molecule has 9 nitrogen and oxygen atoms in total. The van der Waals surface area contributed by atoms with Crippen molar-refractivity contribution in [2.75, 3.05) is 13.1 Å². The number of aliphatic carboxylic acids is 1. The summed E-state index contributed by atoms with van der Waals surface area (Å²) in [6, 6.07) is 7.55. The van der Waals surface area contributed by atoms with E-state index in [1.807, 2.05) is 0 Å². The van der Waals surface area contributed by atoms with Gasteiger partial charge in [0.25, 0.3) is 11.6 Å². The average molecular weight is 330 g/mol. The second kappa shape index (κ2) is 6.11. The molecule has 1 unspecified atom stereocenters. The first-order chi connectivity index (χ1) is 11.5. The van der Waals surface area contributed by atoms with Crippen LogP contribution in [0.3, 0.4) is 0 Å². The number of rotatable bonds is 4. The topological polar surface area (TPSA) is 119 Å². The Morgan fingerprint density at radius 1 is 1.29 bits per heavy atom. The van der Waals surface area contributed by atoms with Crippen LogP contribution in [0.2, 0.25) is 0 Å². The zero-order chi connectivity index (χ0) is 17.3. The molecule has 1 aliphatic heterocycles. The molecule has 24 heavy (non-hydrogen) atoms. The molecule has 1 aromatic carbocycles. The maximum absolute atomic E-state index is 12.4. The Morgan fingerprint density at radius 2 is 2.04 bits per heavy atom. The Labute approximate surface area is 136 Å². The predicted octanol–water partition coefficient (Wildman–Crippen LogP) is 1.33. The van der Waals surface area contributed by atoms with Gasteiger partial charge in [-0.15, -0.1) is 0 Å². The molecule has 9 heteroatoms. The standard InChI is InChI=1S/C15H14N4O5/c20-14(17-7-5-10(9-17)15(21)22)11-6-8-18(16-11)12-3-1-2-4-13(12)19(23)24/h1-4,6,8,10H,5,7,9H2,(H,21,22). The summed E-state index contributed by atoms with van der Waals surface area (Å²) in [4.78, 5) is 35.4. The number of likely N-dealkylation sites (tertiary alicyclic amines) is 1. The molecule has 0 aliphatic carbocycles. The van der Waals surface area contributed by atoms with E-state index in [0.29, 0.717) is 13.0 Å². The summed E-state index contributed by atoms with van der Waals surface area (Å²) >= 11 is 0. The van der Waals surface area contributed by atoms with E-state index in [2.05, 4.69) is 5.10 Å². The third kappa shape index (κ3) is 2.83. The summed E-state index contributed by atoms with van der Waals surface area (Å²) in [5, 5.41) is 24.2. The van der Waals surface area contributed by atoms with E-state index in [-0.39, 0.29) is 29.5 Å². The molecule has 0 saturated carbocycles. The molecule has 2 aromatic rings. The molecule has 1 fully saturated rings. The molecule has 1 atom stereocenters. The van der Waals surface area contributed by atoms with E-state index in [1.165, 1.54) is 34.0 Å². The summed E-state index contributed by atoms with van der Waals surface area (Å²) in [5.41, 5.74) is 0.261. The average Bonchev–Trinajstić information content (AvgIpc) is 3.24. The van der Waals surface area contributed by atoms with Crippen molar-refractivity contribution in [3.8, 4) is 5.69 Å². The van der Waals surface area contributed by atoms with Crippen molar-refractivity contribution in [2.45, 2.75) is 6.42 Å². The number of nitrogens with zero attached hydrogens (tertiary/aromatic N) is 4. The molecule has 1 saturated heterocycles. The van der Waals surface area contributed by atoms with Gasteiger partial charge < -0.3 is 10.0 Å². The van der Waals surface area contributed by atoms with Gasteiger partial charge >= 0.3 is 5.97 Å². The highest BCUT2D eigenvalue weighted by Gasteiger charge is 2.32. The van der Waals surface area contributed by atoms with Crippen molar-refractivity contribution in [3.63, 3.8) is 0 Å². The third-order valence-corrected chi connectivity index (χ3v) is 3.96. The predicted molar refractivity (Wildman–Crippen MR) is 81.9 cm³/mol. The lowest BCUT2D eigenvalue weighted by molar-refractivity contribution is -0.384. The molecular weight excluding hydrogens is 316 g/mol. The van der Waals surface area contributed by atoms with E-state index in [9.17, 15) is 19.7 Å². The largest absolute Gasteiger partial charge is 0.481 e. The number of carbonyl (C=O) groups is 2. The van der Waals surface area contributed by atoms with Crippen molar-refractivity contribution < 1.29 is 19.6 Å². The quantitative estimate of drug-likeness (QED) is 0.667. The van der Waals surface area contributed by atoms with E-state index in [4.69, 9.17) is 5.11 Å². The second-order valence-corrected chi connectivity index (χ2v) is 5.47. The molecule has 2 heterocycles. The molecule has 1 amide bonds. The lowest BCUT2D eigenvalue weighted by Gasteiger charge is -2.13. The lowest BCUT2D eigenvalue weighted by atomic mass is 10.1. The van der Waals surface area contributed by atoms with Gasteiger partial charge in [0.05, 0.1) is 10.8 Å². The van der Waals surface area contributed by atoms with Crippen molar-refractivity contribution in [1.82, 2.24) is 14.7 Å². The van der Waals surface area contributed by atoms with Crippen LogP contribution in [0.25, 0.3) is 5.69 Å². The molecule has 1 N–H and O–H groups in total. The molecule has 0 spiro atoms. The molecule has 3 rings (SSSR count). The van der Waals surface area contributed by atoms with E-state index < -0.39 is 16.8 Å². The first kappa shape index (κ1) is 15.7. The maximum Gasteiger partial charge on any atom is 0.308 e. The van der Waals surface area contributed by atoms with E-state index in [0.717, 1.165) is 0 Å². The van der Waals surface area contributed by atoms with Crippen molar-refractivity contribution >= 4 is 17.6 Å². The Morgan fingerprint density at radius 3 is 2.71 bits per heavy atom. The lowest BCUT2D eigenvalue weighted by Crippen LogP contribution is -2.30. The van der Waals surface area contributed by atoms with Crippen molar-refractivity contribution in [2.24, 2.45) is 5.92 Å². The van der Waals surface area contributed by atoms with Gasteiger partial charge in [-0.05, 0) is 18.6 Å². The number of para-hydroxylation sites is 2. The smallest absolute Gasteiger partial charge is 0.308 e. The number of hydrogen-bond donors (Lipinski definition) is 1. The fourth-order valence-corrected chi connectivity index (χ4v) is 2.69. The van der Waals surface area contributed by atoms with Crippen LogP contribution in [0, 0.1) is 16.0 Å². The molecule has 124 valence electrons. The van der Waals surface area contributed by atoms with Gasteiger partial charge in [0, 0.05) is 25.4 Å². The summed E-state index contributed by atoms with van der Waals surface area (Å²) in [5.74, 6) is -1.86. The summed E-state index contributed by atoms with van der Waals surface area (Å²) in [6.07, 6.45) is 1.88.